The van der Waals surface area contributed by atoms with E-state index in [1.54, 1.807) is 0 Å². The second kappa shape index (κ2) is 4.52. The van der Waals surface area contributed by atoms with Crippen LogP contribution in [0.15, 0.2) is 0 Å². The summed E-state index contributed by atoms with van der Waals surface area (Å²) in [5.41, 5.74) is 0. The number of piperidine rings is 1. The Labute approximate surface area is 92.2 Å². The Kier molecular flexibility index (Phi) is 3.29. The van der Waals surface area contributed by atoms with Gasteiger partial charge in [-0.2, -0.15) is 0 Å². The smallest absolute Gasteiger partial charge is 0.225 e. The Morgan fingerprint density at radius 3 is 2.60 bits per heavy atom. The Morgan fingerprint density at radius 2 is 2.07 bits per heavy atom. The summed E-state index contributed by atoms with van der Waals surface area (Å²) in [6.07, 6.45) is 5.74. The zero-order chi connectivity index (χ0) is 10.8. The number of amides is 1. The number of hydrogen-bond acceptors (Lipinski definition) is 2. The lowest BCUT2D eigenvalue weighted by Gasteiger charge is -2.38. The summed E-state index contributed by atoms with van der Waals surface area (Å²) in [5.74, 6) is 0.653. The van der Waals surface area contributed by atoms with Crippen LogP contribution in [0, 0.1) is 5.92 Å². The number of hydrogen-bond donors (Lipinski definition) is 1. The molecule has 1 amide bonds. The molecule has 1 heterocycles. The number of carbonyl (C=O) groups is 1. The molecule has 1 N–H and O–H groups in total. The van der Waals surface area contributed by atoms with Gasteiger partial charge in [-0.1, -0.05) is 0 Å². The molecule has 1 aliphatic carbocycles. The first-order valence-corrected chi connectivity index (χ1v) is 6.18. The third-order valence-electron chi connectivity index (χ3n) is 3.94. The molecule has 1 aliphatic heterocycles. The van der Waals surface area contributed by atoms with Gasteiger partial charge >= 0.3 is 0 Å². The molecule has 3 heteroatoms. The van der Waals surface area contributed by atoms with Gasteiger partial charge in [-0.3, -0.25) is 4.79 Å². The molecule has 1 saturated heterocycles. The van der Waals surface area contributed by atoms with Gasteiger partial charge in [-0.25, -0.2) is 0 Å². The van der Waals surface area contributed by atoms with E-state index >= 15 is 0 Å². The first-order chi connectivity index (χ1) is 7.18. The molecule has 0 spiro atoms. The van der Waals surface area contributed by atoms with Crippen LogP contribution in [0.2, 0.25) is 0 Å². The standard InChI is InChI=1S/C12H22N2O/c1-9-8-10(6-7-13-9)12(15)14(2)11-4-3-5-11/h9-11,13H,3-8H2,1-2H3. The van der Waals surface area contributed by atoms with Crippen LogP contribution in [0.5, 0.6) is 0 Å². The van der Waals surface area contributed by atoms with Crippen molar-refractivity contribution in [3.8, 4) is 0 Å². The molecule has 2 aliphatic rings. The largest absolute Gasteiger partial charge is 0.343 e. The summed E-state index contributed by atoms with van der Waals surface area (Å²) in [5, 5.41) is 3.39. The molecule has 0 aromatic rings. The molecule has 0 aromatic heterocycles. The van der Waals surface area contributed by atoms with Crippen molar-refractivity contribution in [2.45, 2.75) is 51.1 Å². The van der Waals surface area contributed by atoms with E-state index in [9.17, 15) is 4.79 Å². The van der Waals surface area contributed by atoms with Crippen LogP contribution in [0.1, 0.15) is 39.0 Å². The van der Waals surface area contributed by atoms with E-state index < -0.39 is 0 Å². The van der Waals surface area contributed by atoms with E-state index in [0.717, 1.165) is 19.4 Å². The maximum absolute atomic E-state index is 12.2. The van der Waals surface area contributed by atoms with Crippen molar-refractivity contribution in [3.63, 3.8) is 0 Å². The topological polar surface area (TPSA) is 32.3 Å². The lowest BCUT2D eigenvalue weighted by Crippen LogP contribution is -2.48. The van der Waals surface area contributed by atoms with Gasteiger partial charge in [-0.15, -0.1) is 0 Å². The highest BCUT2D eigenvalue weighted by Crippen LogP contribution is 2.27. The van der Waals surface area contributed by atoms with Crippen LogP contribution in [-0.4, -0.2) is 36.5 Å². The minimum atomic E-state index is 0.270. The molecular weight excluding hydrogens is 188 g/mol. The summed E-state index contributed by atoms with van der Waals surface area (Å²) in [4.78, 5) is 14.2. The fourth-order valence-corrected chi connectivity index (χ4v) is 2.60. The van der Waals surface area contributed by atoms with Crippen LogP contribution < -0.4 is 5.32 Å². The quantitative estimate of drug-likeness (QED) is 0.747. The fraction of sp³-hybridized carbons (Fsp3) is 0.917. The van der Waals surface area contributed by atoms with Gasteiger partial charge in [0, 0.05) is 25.0 Å². The zero-order valence-electron chi connectivity index (χ0n) is 9.83. The fourth-order valence-electron chi connectivity index (χ4n) is 2.60. The highest BCUT2D eigenvalue weighted by Gasteiger charge is 2.32. The van der Waals surface area contributed by atoms with Crippen molar-refractivity contribution >= 4 is 5.91 Å². The highest BCUT2D eigenvalue weighted by atomic mass is 16.2. The summed E-state index contributed by atoms with van der Waals surface area (Å²) in [6, 6.07) is 1.05. The van der Waals surface area contributed by atoms with E-state index in [0.29, 0.717) is 18.0 Å². The van der Waals surface area contributed by atoms with Gasteiger partial charge in [0.1, 0.15) is 0 Å². The predicted molar refractivity (Wildman–Crippen MR) is 60.6 cm³/mol. The maximum Gasteiger partial charge on any atom is 0.225 e. The SMILES string of the molecule is CC1CC(C(=O)N(C)C2CCC2)CCN1. The molecular formula is C12H22N2O. The van der Waals surface area contributed by atoms with Crippen molar-refractivity contribution in [2.75, 3.05) is 13.6 Å². The normalized spacial score (nSPS) is 32.1. The number of nitrogens with one attached hydrogen (secondary N) is 1. The van der Waals surface area contributed by atoms with Gasteiger partial charge in [0.05, 0.1) is 0 Å². The van der Waals surface area contributed by atoms with E-state index in [1.807, 2.05) is 11.9 Å². The van der Waals surface area contributed by atoms with Crippen LogP contribution in [0.3, 0.4) is 0 Å². The molecule has 2 fully saturated rings. The number of carbonyl (C=O) groups excluding carboxylic acids is 1. The Morgan fingerprint density at radius 1 is 1.33 bits per heavy atom. The van der Waals surface area contributed by atoms with Crippen molar-refractivity contribution in [2.24, 2.45) is 5.92 Å². The molecule has 2 unspecified atom stereocenters. The minimum absolute atomic E-state index is 0.270. The predicted octanol–water partition coefficient (Wildman–Crippen LogP) is 1.39. The van der Waals surface area contributed by atoms with Crippen molar-refractivity contribution in [3.05, 3.63) is 0 Å². The molecule has 0 radical (unpaired) electrons. The maximum atomic E-state index is 12.2. The first kappa shape index (κ1) is 10.9. The summed E-state index contributed by atoms with van der Waals surface area (Å²) < 4.78 is 0. The van der Waals surface area contributed by atoms with Gasteiger partial charge in [-0.05, 0) is 45.6 Å². The monoisotopic (exact) mass is 210 g/mol. The molecule has 2 atom stereocenters. The van der Waals surface area contributed by atoms with Crippen molar-refractivity contribution < 1.29 is 4.79 Å². The molecule has 3 nitrogen and oxygen atoms in total. The Bertz CT molecular complexity index is 238. The number of rotatable bonds is 2. The molecule has 86 valence electrons. The average Bonchev–Trinajstić information content (AvgIpc) is 2.14. The van der Waals surface area contributed by atoms with Crippen molar-refractivity contribution in [1.29, 1.82) is 0 Å². The summed E-state index contributed by atoms with van der Waals surface area (Å²) in [7, 11) is 1.98. The molecule has 2 rings (SSSR count). The Hall–Kier alpha value is -0.570. The van der Waals surface area contributed by atoms with E-state index in [1.165, 1.54) is 19.3 Å². The van der Waals surface area contributed by atoms with Crippen LogP contribution >= 0.6 is 0 Å². The van der Waals surface area contributed by atoms with Gasteiger partial charge in [0.15, 0.2) is 0 Å². The summed E-state index contributed by atoms with van der Waals surface area (Å²) in [6.45, 7) is 3.17. The second-order valence-electron chi connectivity index (χ2n) is 5.11. The van der Waals surface area contributed by atoms with Crippen LogP contribution in [0.4, 0.5) is 0 Å². The molecule has 1 saturated carbocycles. The van der Waals surface area contributed by atoms with E-state index in [4.69, 9.17) is 0 Å². The lowest BCUT2D eigenvalue weighted by atomic mass is 9.88. The third-order valence-corrected chi connectivity index (χ3v) is 3.94. The van der Waals surface area contributed by atoms with Crippen molar-refractivity contribution in [1.82, 2.24) is 10.2 Å². The number of nitrogens with zero attached hydrogens (tertiary/aromatic N) is 1. The van der Waals surface area contributed by atoms with Gasteiger partial charge < -0.3 is 10.2 Å². The van der Waals surface area contributed by atoms with Crippen LogP contribution in [0.25, 0.3) is 0 Å². The van der Waals surface area contributed by atoms with Gasteiger partial charge in [0.2, 0.25) is 5.91 Å². The average molecular weight is 210 g/mol. The summed E-state index contributed by atoms with van der Waals surface area (Å²) >= 11 is 0. The first-order valence-electron chi connectivity index (χ1n) is 6.18. The second-order valence-corrected chi connectivity index (χ2v) is 5.11. The van der Waals surface area contributed by atoms with Crippen LogP contribution in [-0.2, 0) is 4.79 Å². The van der Waals surface area contributed by atoms with E-state index in [2.05, 4.69) is 12.2 Å². The molecule has 0 aromatic carbocycles. The van der Waals surface area contributed by atoms with Gasteiger partial charge in [0.25, 0.3) is 0 Å². The lowest BCUT2D eigenvalue weighted by molar-refractivity contribution is -0.139. The minimum Gasteiger partial charge on any atom is -0.343 e. The Balaban J connectivity index is 1.88. The van der Waals surface area contributed by atoms with E-state index in [-0.39, 0.29) is 5.92 Å². The molecule has 15 heavy (non-hydrogen) atoms. The molecule has 0 bridgehead atoms. The highest BCUT2D eigenvalue weighted by molar-refractivity contribution is 5.79. The third kappa shape index (κ3) is 2.33. The zero-order valence-corrected chi connectivity index (χ0v) is 9.83.